The summed E-state index contributed by atoms with van der Waals surface area (Å²) in [6.45, 7) is 0.633. The van der Waals surface area contributed by atoms with Crippen molar-refractivity contribution < 1.29 is 17.3 Å². The van der Waals surface area contributed by atoms with E-state index in [1.165, 1.54) is 12.0 Å². The van der Waals surface area contributed by atoms with Crippen molar-refractivity contribution in [3.05, 3.63) is 59.2 Å². The van der Waals surface area contributed by atoms with Crippen LogP contribution in [-0.4, -0.2) is 22.1 Å². The van der Waals surface area contributed by atoms with Gasteiger partial charge in [0, 0.05) is 7.11 Å². The molecule has 0 amide bonds. The van der Waals surface area contributed by atoms with Crippen molar-refractivity contribution in [2.75, 3.05) is 13.7 Å². The van der Waals surface area contributed by atoms with E-state index in [1.54, 1.807) is 31.4 Å². The lowest BCUT2D eigenvalue weighted by molar-refractivity contribution is 0.202. The fourth-order valence-corrected chi connectivity index (χ4v) is 3.95. The van der Waals surface area contributed by atoms with Crippen molar-refractivity contribution in [2.24, 2.45) is 0 Å². The summed E-state index contributed by atoms with van der Waals surface area (Å²) in [5, 5.41) is 0. The molecule has 0 fully saturated rings. The molecule has 0 atom stereocenters. The molecule has 0 radical (unpaired) electrons. The quantitative estimate of drug-likeness (QED) is 0.751. The lowest BCUT2D eigenvalue weighted by Crippen LogP contribution is -2.12. The SMILES string of the molecule is COCCc1ccc(OS(=O)(=O)c2ccc3c(c2)CCCC3)cc1. The fraction of sp³-hybridized carbons (Fsp3) is 0.368. The predicted molar refractivity (Wildman–Crippen MR) is 92.9 cm³/mol. The first kappa shape index (κ1) is 17.0. The molecular formula is C19H22O4S. The van der Waals surface area contributed by atoms with Crippen molar-refractivity contribution in [1.82, 2.24) is 0 Å². The molecule has 0 bridgehead atoms. The maximum atomic E-state index is 12.5. The first-order valence-electron chi connectivity index (χ1n) is 8.23. The second kappa shape index (κ2) is 7.36. The molecular weight excluding hydrogens is 324 g/mol. The van der Waals surface area contributed by atoms with Gasteiger partial charge in [-0.15, -0.1) is 0 Å². The van der Waals surface area contributed by atoms with Crippen LogP contribution in [0.4, 0.5) is 0 Å². The average molecular weight is 346 g/mol. The van der Waals surface area contributed by atoms with Crippen LogP contribution in [0.15, 0.2) is 47.4 Å². The number of aryl methyl sites for hydroxylation is 2. The van der Waals surface area contributed by atoms with E-state index < -0.39 is 10.1 Å². The molecule has 0 spiro atoms. The van der Waals surface area contributed by atoms with Gasteiger partial charge in [-0.2, -0.15) is 8.42 Å². The maximum Gasteiger partial charge on any atom is 0.339 e. The first-order chi connectivity index (χ1) is 11.6. The summed E-state index contributed by atoms with van der Waals surface area (Å²) in [6.07, 6.45) is 5.03. The van der Waals surface area contributed by atoms with Gasteiger partial charge >= 0.3 is 10.1 Å². The Morgan fingerprint density at radius 3 is 2.38 bits per heavy atom. The number of hydrogen-bond donors (Lipinski definition) is 0. The van der Waals surface area contributed by atoms with Gasteiger partial charge in [-0.05, 0) is 73.1 Å². The average Bonchev–Trinajstić information content (AvgIpc) is 2.60. The Hall–Kier alpha value is -1.85. The van der Waals surface area contributed by atoms with Crippen molar-refractivity contribution in [3.8, 4) is 5.75 Å². The Morgan fingerprint density at radius 2 is 1.67 bits per heavy atom. The number of fused-ring (bicyclic) bond motifs is 1. The summed E-state index contributed by atoms with van der Waals surface area (Å²) in [4.78, 5) is 0.228. The fourth-order valence-electron chi connectivity index (χ4n) is 2.97. The van der Waals surface area contributed by atoms with E-state index in [4.69, 9.17) is 8.92 Å². The highest BCUT2D eigenvalue weighted by atomic mass is 32.2. The number of hydrogen-bond acceptors (Lipinski definition) is 4. The topological polar surface area (TPSA) is 52.6 Å². The van der Waals surface area contributed by atoms with Gasteiger partial charge in [0.15, 0.2) is 0 Å². The van der Waals surface area contributed by atoms with Gasteiger partial charge in [0.1, 0.15) is 10.6 Å². The maximum absolute atomic E-state index is 12.5. The summed E-state index contributed by atoms with van der Waals surface area (Å²) < 4.78 is 35.3. The normalized spacial score (nSPS) is 14.2. The van der Waals surface area contributed by atoms with E-state index in [0.717, 1.165) is 36.8 Å². The van der Waals surface area contributed by atoms with Crippen LogP contribution in [0.2, 0.25) is 0 Å². The Labute approximate surface area is 143 Å². The third-order valence-electron chi connectivity index (χ3n) is 4.33. The van der Waals surface area contributed by atoms with Crippen molar-refractivity contribution in [2.45, 2.75) is 37.0 Å². The Balaban J connectivity index is 1.76. The molecule has 4 nitrogen and oxygen atoms in total. The molecule has 0 aromatic heterocycles. The van der Waals surface area contributed by atoms with Crippen molar-refractivity contribution in [1.29, 1.82) is 0 Å². The van der Waals surface area contributed by atoms with Crippen LogP contribution in [0.3, 0.4) is 0 Å². The predicted octanol–water partition coefficient (Wildman–Crippen LogP) is 3.52. The molecule has 0 N–H and O–H groups in total. The third-order valence-corrected chi connectivity index (χ3v) is 5.58. The van der Waals surface area contributed by atoms with E-state index >= 15 is 0 Å². The molecule has 24 heavy (non-hydrogen) atoms. The Bertz CT molecular complexity index is 795. The van der Waals surface area contributed by atoms with Crippen LogP contribution in [0.1, 0.15) is 29.5 Å². The molecule has 0 aliphatic heterocycles. The Morgan fingerprint density at radius 1 is 0.958 bits per heavy atom. The molecule has 2 aromatic rings. The molecule has 0 saturated carbocycles. The lowest BCUT2D eigenvalue weighted by Gasteiger charge is -2.16. The van der Waals surface area contributed by atoms with Gasteiger partial charge in [-0.3, -0.25) is 0 Å². The Kier molecular flexibility index (Phi) is 5.21. The first-order valence-corrected chi connectivity index (χ1v) is 9.63. The van der Waals surface area contributed by atoms with E-state index in [-0.39, 0.29) is 4.90 Å². The lowest BCUT2D eigenvalue weighted by atomic mass is 9.92. The molecule has 0 heterocycles. The zero-order chi connectivity index (χ0) is 17.0. The smallest absolute Gasteiger partial charge is 0.339 e. The standard InChI is InChI=1S/C19H22O4S/c1-22-13-12-15-6-9-18(10-7-15)23-24(20,21)19-11-8-16-4-2-3-5-17(16)14-19/h6-11,14H,2-5,12-13H2,1H3. The summed E-state index contributed by atoms with van der Waals surface area (Å²) in [6, 6.07) is 12.4. The summed E-state index contributed by atoms with van der Waals surface area (Å²) in [5.41, 5.74) is 3.46. The molecule has 1 aliphatic rings. The van der Waals surface area contributed by atoms with Crippen LogP contribution in [0.5, 0.6) is 5.75 Å². The molecule has 2 aromatic carbocycles. The van der Waals surface area contributed by atoms with Crippen LogP contribution in [-0.2, 0) is 34.1 Å². The molecule has 128 valence electrons. The minimum atomic E-state index is -3.80. The van der Waals surface area contributed by atoms with Crippen LogP contribution in [0.25, 0.3) is 0 Å². The zero-order valence-corrected chi connectivity index (χ0v) is 14.6. The van der Waals surface area contributed by atoms with Crippen LogP contribution < -0.4 is 4.18 Å². The van der Waals surface area contributed by atoms with Crippen LogP contribution >= 0.6 is 0 Å². The number of benzene rings is 2. The van der Waals surface area contributed by atoms with Gasteiger partial charge in [-0.1, -0.05) is 18.2 Å². The number of methoxy groups -OCH3 is 1. The highest BCUT2D eigenvalue weighted by Crippen LogP contribution is 2.26. The van der Waals surface area contributed by atoms with Crippen molar-refractivity contribution in [3.63, 3.8) is 0 Å². The zero-order valence-electron chi connectivity index (χ0n) is 13.8. The largest absolute Gasteiger partial charge is 0.384 e. The summed E-state index contributed by atoms with van der Waals surface area (Å²) in [7, 11) is -2.15. The highest BCUT2D eigenvalue weighted by molar-refractivity contribution is 7.87. The van der Waals surface area contributed by atoms with Gasteiger partial charge in [0.2, 0.25) is 0 Å². The van der Waals surface area contributed by atoms with Crippen molar-refractivity contribution >= 4 is 10.1 Å². The molecule has 0 unspecified atom stereocenters. The minimum Gasteiger partial charge on any atom is -0.384 e. The van der Waals surface area contributed by atoms with Crippen LogP contribution in [0, 0.1) is 0 Å². The van der Waals surface area contributed by atoms with E-state index in [2.05, 4.69) is 0 Å². The molecule has 3 rings (SSSR count). The minimum absolute atomic E-state index is 0.228. The number of ether oxygens (including phenoxy) is 1. The second-order valence-electron chi connectivity index (χ2n) is 6.06. The van der Waals surface area contributed by atoms with E-state index in [9.17, 15) is 8.42 Å². The monoisotopic (exact) mass is 346 g/mol. The van der Waals surface area contributed by atoms with Gasteiger partial charge in [0.05, 0.1) is 6.61 Å². The third kappa shape index (κ3) is 3.97. The summed E-state index contributed by atoms with van der Waals surface area (Å²) >= 11 is 0. The molecule has 1 aliphatic carbocycles. The van der Waals surface area contributed by atoms with Gasteiger partial charge in [-0.25, -0.2) is 0 Å². The van der Waals surface area contributed by atoms with E-state index in [0.29, 0.717) is 12.4 Å². The van der Waals surface area contributed by atoms with Gasteiger partial charge in [0.25, 0.3) is 0 Å². The highest BCUT2D eigenvalue weighted by Gasteiger charge is 2.19. The molecule has 0 saturated heterocycles. The van der Waals surface area contributed by atoms with Gasteiger partial charge < -0.3 is 8.92 Å². The number of rotatable bonds is 6. The molecule has 5 heteroatoms. The van der Waals surface area contributed by atoms with E-state index in [1.807, 2.05) is 18.2 Å². The summed E-state index contributed by atoms with van der Waals surface area (Å²) in [5.74, 6) is 0.328. The second-order valence-corrected chi connectivity index (χ2v) is 7.61.